The summed E-state index contributed by atoms with van der Waals surface area (Å²) in [5.41, 5.74) is 1.70. The maximum atomic E-state index is 13.8. The number of nitrogens with one attached hydrogen (secondary N) is 3. The largest absolute Gasteiger partial charge is 0.350 e. The van der Waals surface area contributed by atoms with E-state index in [0.717, 1.165) is 42.3 Å². The SMILES string of the molecule is O=C(CNS(=O)(=O)c1ccc2ccccc2c1)NC(Cc1ccccc1)CN(C(=O)C1CCNCC1)c1ccncc1. The van der Waals surface area contributed by atoms with Crippen molar-refractivity contribution in [2.24, 2.45) is 5.92 Å². The van der Waals surface area contributed by atoms with Crippen molar-refractivity contribution >= 4 is 38.3 Å². The van der Waals surface area contributed by atoms with Crippen LogP contribution in [-0.4, -0.2) is 57.4 Å². The fourth-order valence-corrected chi connectivity index (χ4v) is 6.29. The van der Waals surface area contributed by atoms with E-state index in [1.807, 2.05) is 54.6 Å². The molecule has 1 saturated heterocycles. The lowest BCUT2D eigenvalue weighted by molar-refractivity contribution is -0.124. The number of nitrogens with zero attached hydrogens (tertiary/aromatic N) is 2. The fourth-order valence-electron chi connectivity index (χ4n) is 5.27. The highest BCUT2D eigenvalue weighted by molar-refractivity contribution is 7.89. The molecule has 1 fully saturated rings. The van der Waals surface area contributed by atoms with Crippen molar-refractivity contribution in [3.05, 3.63) is 103 Å². The summed E-state index contributed by atoms with van der Waals surface area (Å²) in [6.45, 7) is 1.35. The van der Waals surface area contributed by atoms with Crippen LogP contribution in [0.3, 0.4) is 0 Å². The van der Waals surface area contributed by atoms with Gasteiger partial charge in [0.1, 0.15) is 0 Å². The Kier molecular flexibility index (Phi) is 9.58. The molecular formula is C32H35N5O4S. The summed E-state index contributed by atoms with van der Waals surface area (Å²) in [6, 6.07) is 25.2. The van der Waals surface area contributed by atoms with E-state index in [1.54, 1.807) is 41.6 Å². The van der Waals surface area contributed by atoms with Gasteiger partial charge in [0.15, 0.2) is 0 Å². The van der Waals surface area contributed by atoms with Crippen molar-refractivity contribution in [1.82, 2.24) is 20.3 Å². The Morgan fingerprint density at radius 1 is 0.905 bits per heavy atom. The minimum Gasteiger partial charge on any atom is -0.350 e. The van der Waals surface area contributed by atoms with E-state index in [4.69, 9.17) is 0 Å². The lowest BCUT2D eigenvalue weighted by Gasteiger charge is -2.33. The molecular weight excluding hydrogens is 550 g/mol. The fraction of sp³-hybridized carbons (Fsp3) is 0.281. The van der Waals surface area contributed by atoms with Gasteiger partial charge in [-0.05, 0) is 73.0 Å². The number of amides is 2. The molecule has 2 amide bonds. The van der Waals surface area contributed by atoms with Crippen LogP contribution >= 0.6 is 0 Å². The predicted molar refractivity (Wildman–Crippen MR) is 163 cm³/mol. The minimum absolute atomic E-state index is 0.00650. The van der Waals surface area contributed by atoms with E-state index < -0.39 is 28.5 Å². The molecule has 0 saturated carbocycles. The molecule has 10 heteroatoms. The highest BCUT2D eigenvalue weighted by atomic mass is 32.2. The van der Waals surface area contributed by atoms with Crippen LogP contribution in [0.25, 0.3) is 10.8 Å². The van der Waals surface area contributed by atoms with Gasteiger partial charge < -0.3 is 15.5 Å². The Hall–Kier alpha value is -4.12. The molecule has 218 valence electrons. The Balaban J connectivity index is 1.32. The first kappa shape index (κ1) is 29.4. The van der Waals surface area contributed by atoms with Crippen LogP contribution in [0.2, 0.25) is 0 Å². The summed E-state index contributed by atoms with van der Waals surface area (Å²) in [4.78, 5) is 32.8. The first-order valence-electron chi connectivity index (χ1n) is 14.1. The van der Waals surface area contributed by atoms with Crippen molar-refractivity contribution in [3.63, 3.8) is 0 Å². The van der Waals surface area contributed by atoms with Crippen LogP contribution in [0.5, 0.6) is 0 Å². The van der Waals surface area contributed by atoms with Gasteiger partial charge >= 0.3 is 0 Å². The van der Waals surface area contributed by atoms with E-state index in [2.05, 4.69) is 20.3 Å². The van der Waals surface area contributed by atoms with Crippen LogP contribution in [0.1, 0.15) is 18.4 Å². The van der Waals surface area contributed by atoms with Gasteiger partial charge in [-0.25, -0.2) is 13.1 Å². The number of pyridine rings is 1. The number of hydrogen-bond donors (Lipinski definition) is 3. The van der Waals surface area contributed by atoms with Gasteiger partial charge in [-0.1, -0.05) is 60.7 Å². The molecule has 3 N–H and O–H groups in total. The van der Waals surface area contributed by atoms with Gasteiger partial charge in [-0.2, -0.15) is 0 Å². The number of aromatic nitrogens is 1. The smallest absolute Gasteiger partial charge is 0.241 e. The second-order valence-corrected chi connectivity index (χ2v) is 12.2. The first-order chi connectivity index (χ1) is 20.4. The molecule has 4 aromatic rings. The second kappa shape index (κ2) is 13.7. The Labute approximate surface area is 246 Å². The number of hydrogen-bond acceptors (Lipinski definition) is 6. The molecule has 1 aliphatic heterocycles. The molecule has 5 rings (SSSR count). The molecule has 1 atom stereocenters. The topological polar surface area (TPSA) is 120 Å². The lowest BCUT2D eigenvalue weighted by atomic mass is 9.95. The molecule has 1 aliphatic rings. The van der Waals surface area contributed by atoms with E-state index in [9.17, 15) is 18.0 Å². The number of piperidine rings is 1. The number of carbonyl (C=O) groups is 2. The summed E-state index contributed by atoms with van der Waals surface area (Å²) < 4.78 is 28.5. The summed E-state index contributed by atoms with van der Waals surface area (Å²) >= 11 is 0. The van der Waals surface area contributed by atoms with Crippen molar-refractivity contribution in [3.8, 4) is 0 Å². The van der Waals surface area contributed by atoms with Crippen molar-refractivity contribution in [1.29, 1.82) is 0 Å². The monoisotopic (exact) mass is 585 g/mol. The highest BCUT2D eigenvalue weighted by Gasteiger charge is 2.29. The molecule has 0 radical (unpaired) electrons. The zero-order valence-electron chi connectivity index (χ0n) is 23.3. The highest BCUT2D eigenvalue weighted by Crippen LogP contribution is 2.22. The Bertz CT molecular complexity index is 1610. The first-order valence-corrected chi connectivity index (χ1v) is 15.6. The van der Waals surface area contributed by atoms with E-state index in [-0.39, 0.29) is 23.3 Å². The number of carbonyl (C=O) groups excluding carboxylic acids is 2. The maximum absolute atomic E-state index is 13.8. The number of benzene rings is 3. The van der Waals surface area contributed by atoms with Crippen LogP contribution in [0.4, 0.5) is 5.69 Å². The van der Waals surface area contributed by atoms with Crippen molar-refractivity contribution in [2.75, 3.05) is 31.1 Å². The third-order valence-corrected chi connectivity index (χ3v) is 8.87. The molecule has 2 heterocycles. The maximum Gasteiger partial charge on any atom is 0.241 e. The zero-order valence-corrected chi connectivity index (χ0v) is 24.1. The summed E-state index contributed by atoms with van der Waals surface area (Å²) in [7, 11) is -3.92. The second-order valence-electron chi connectivity index (χ2n) is 10.5. The molecule has 1 unspecified atom stereocenters. The van der Waals surface area contributed by atoms with Crippen LogP contribution in [-0.2, 0) is 26.0 Å². The average Bonchev–Trinajstić information content (AvgIpc) is 3.03. The van der Waals surface area contributed by atoms with Crippen molar-refractivity contribution in [2.45, 2.75) is 30.2 Å². The molecule has 9 nitrogen and oxygen atoms in total. The summed E-state index contributed by atoms with van der Waals surface area (Å²) in [5.74, 6) is -0.599. The van der Waals surface area contributed by atoms with Gasteiger partial charge in [0, 0.05) is 30.5 Å². The molecule has 0 bridgehead atoms. The standard InChI is InChI=1S/C32H35N5O4S/c38-31(22-35-42(40,41)30-11-10-25-8-4-5-9-27(25)21-30)36-28(20-24-6-2-1-3-7-24)23-37(29-14-18-34-19-15-29)32(39)26-12-16-33-17-13-26/h1-11,14-15,18-19,21,26,28,33,35H,12-13,16-17,20,22-23H2,(H,36,38). The summed E-state index contributed by atoms with van der Waals surface area (Å²) in [6.07, 6.45) is 5.24. The quantitative estimate of drug-likeness (QED) is 0.249. The predicted octanol–water partition coefficient (Wildman–Crippen LogP) is 3.27. The average molecular weight is 586 g/mol. The minimum atomic E-state index is -3.92. The van der Waals surface area contributed by atoms with Gasteiger partial charge in [0.05, 0.1) is 17.5 Å². The van der Waals surface area contributed by atoms with Gasteiger partial charge in [0.2, 0.25) is 21.8 Å². The summed E-state index contributed by atoms with van der Waals surface area (Å²) in [5, 5.41) is 8.01. The Morgan fingerprint density at radius 3 is 2.33 bits per heavy atom. The van der Waals surface area contributed by atoms with Crippen molar-refractivity contribution < 1.29 is 18.0 Å². The number of anilines is 1. The van der Waals surface area contributed by atoms with Gasteiger partial charge in [-0.3, -0.25) is 14.6 Å². The number of rotatable bonds is 11. The van der Waals surface area contributed by atoms with E-state index >= 15 is 0 Å². The number of sulfonamides is 1. The normalized spacial score (nSPS) is 14.8. The van der Waals surface area contributed by atoms with Gasteiger partial charge in [0.25, 0.3) is 0 Å². The lowest BCUT2D eigenvalue weighted by Crippen LogP contribution is -2.51. The molecule has 3 aromatic carbocycles. The molecule has 0 spiro atoms. The van der Waals surface area contributed by atoms with E-state index in [1.165, 1.54) is 6.07 Å². The van der Waals surface area contributed by atoms with Crippen LogP contribution in [0, 0.1) is 5.92 Å². The molecule has 0 aliphatic carbocycles. The third-order valence-electron chi connectivity index (χ3n) is 7.48. The van der Waals surface area contributed by atoms with Crippen LogP contribution < -0.4 is 20.3 Å². The molecule has 42 heavy (non-hydrogen) atoms. The Morgan fingerprint density at radius 2 is 1.60 bits per heavy atom. The van der Waals surface area contributed by atoms with Gasteiger partial charge in [-0.15, -0.1) is 0 Å². The molecule has 1 aromatic heterocycles. The third kappa shape index (κ3) is 7.58. The van der Waals surface area contributed by atoms with Crippen LogP contribution in [0.15, 0.2) is 102 Å². The van der Waals surface area contributed by atoms with E-state index in [0.29, 0.717) is 12.1 Å². The number of fused-ring (bicyclic) bond motifs is 1. The zero-order chi connectivity index (χ0) is 29.4.